The average molecular weight is 269 g/mol. The number of hydrogen-bond donors (Lipinski definition) is 2. The lowest BCUT2D eigenvalue weighted by atomic mass is 10.2. The van der Waals surface area contributed by atoms with Gasteiger partial charge in [-0.1, -0.05) is 12.1 Å². The minimum absolute atomic E-state index is 0.0628. The van der Waals surface area contributed by atoms with Crippen LogP contribution in [0.25, 0.3) is 11.4 Å². The summed E-state index contributed by atoms with van der Waals surface area (Å²) in [5.74, 6) is 0.737. The largest absolute Gasteiger partial charge is 0.326 e. The maximum absolute atomic E-state index is 11.7. The third-order valence-electron chi connectivity index (χ3n) is 3.22. The number of nitrogens with zero attached hydrogens (tertiary/aromatic N) is 1. The highest BCUT2D eigenvalue weighted by molar-refractivity contribution is 5.94. The van der Waals surface area contributed by atoms with Crippen molar-refractivity contribution in [1.29, 1.82) is 0 Å². The molecule has 1 aromatic carbocycles. The van der Waals surface area contributed by atoms with E-state index in [9.17, 15) is 9.59 Å². The van der Waals surface area contributed by atoms with Gasteiger partial charge in [-0.15, -0.1) is 0 Å². The van der Waals surface area contributed by atoms with E-state index in [1.807, 2.05) is 24.3 Å². The lowest BCUT2D eigenvalue weighted by Gasteiger charge is -2.07. The molecule has 1 aliphatic carbocycles. The van der Waals surface area contributed by atoms with E-state index < -0.39 is 0 Å². The molecule has 1 aliphatic rings. The number of aromatic amines is 1. The molecule has 0 atom stereocenters. The number of nitrogens with one attached hydrogen (secondary N) is 2. The zero-order valence-corrected chi connectivity index (χ0v) is 11.1. The number of aryl methyl sites for hydroxylation is 1. The second kappa shape index (κ2) is 4.92. The summed E-state index contributed by atoms with van der Waals surface area (Å²) in [6.45, 7) is 1.78. The highest BCUT2D eigenvalue weighted by Crippen LogP contribution is 2.30. The Balaban J connectivity index is 1.89. The Labute approximate surface area is 116 Å². The second-order valence-electron chi connectivity index (χ2n) is 5.08. The first-order valence-corrected chi connectivity index (χ1v) is 6.61. The van der Waals surface area contributed by atoms with E-state index in [1.165, 1.54) is 6.07 Å². The summed E-state index contributed by atoms with van der Waals surface area (Å²) in [7, 11) is 0. The predicted octanol–water partition coefficient (Wildman–Crippen LogP) is 2.09. The maximum Gasteiger partial charge on any atom is 0.251 e. The van der Waals surface area contributed by atoms with Crippen LogP contribution in [0.5, 0.6) is 0 Å². The molecule has 2 N–H and O–H groups in total. The van der Waals surface area contributed by atoms with E-state index in [4.69, 9.17) is 0 Å². The minimum atomic E-state index is -0.181. The van der Waals surface area contributed by atoms with Gasteiger partial charge in [0, 0.05) is 28.9 Å². The average Bonchev–Trinajstić information content (AvgIpc) is 3.22. The van der Waals surface area contributed by atoms with Crippen LogP contribution < -0.4 is 10.9 Å². The summed E-state index contributed by atoms with van der Waals surface area (Å²) >= 11 is 0. The van der Waals surface area contributed by atoms with Crippen molar-refractivity contribution in [2.75, 3.05) is 5.32 Å². The Bertz CT molecular complexity index is 717. The molecular formula is C15H15N3O2. The van der Waals surface area contributed by atoms with Crippen molar-refractivity contribution in [3.8, 4) is 11.4 Å². The van der Waals surface area contributed by atoms with Crippen molar-refractivity contribution in [1.82, 2.24) is 9.97 Å². The summed E-state index contributed by atoms with van der Waals surface area (Å²) in [4.78, 5) is 30.2. The molecule has 0 spiro atoms. The van der Waals surface area contributed by atoms with Crippen LogP contribution in [-0.4, -0.2) is 15.9 Å². The van der Waals surface area contributed by atoms with Crippen LogP contribution >= 0.6 is 0 Å². The van der Waals surface area contributed by atoms with Gasteiger partial charge in [0.1, 0.15) is 5.82 Å². The lowest BCUT2D eigenvalue weighted by molar-refractivity contribution is -0.117. The predicted molar refractivity (Wildman–Crippen MR) is 76.4 cm³/mol. The van der Waals surface area contributed by atoms with Gasteiger partial charge in [0.25, 0.3) is 5.56 Å². The number of aromatic nitrogens is 2. The zero-order chi connectivity index (χ0) is 14.1. The molecule has 5 heteroatoms. The quantitative estimate of drug-likeness (QED) is 0.896. The molecule has 102 valence electrons. The van der Waals surface area contributed by atoms with Gasteiger partial charge in [0.2, 0.25) is 5.91 Å². The van der Waals surface area contributed by atoms with Crippen molar-refractivity contribution < 1.29 is 4.79 Å². The molecule has 20 heavy (non-hydrogen) atoms. The van der Waals surface area contributed by atoms with Crippen LogP contribution in [-0.2, 0) is 4.79 Å². The molecule has 1 amide bonds. The summed E-state index contributed by atoms with van der Waals surface area (Å²) in [5, 5.41) is 2.88. The maximum atomic E-state index is 11.7. The Morgan fingerprint density at radius 2 is 2.15 bits per heavy atom. The lowest BCUT2D eigenvalue weighted by Crippen LogP contribution is -2.13. The third kappa shape index (κ3) is 2.77. The van der Waals surface area contributed by atoms with Gasteiger partial charge in [-0.05, 0) is 31.9 Å². The van der Waals surface area contributed by atoms with E-state index in [-0.39, 0.29) is 17.4 Å². The van der Waals surface area contributed by atoms with Crippen LogP contribution in [0.1, 0.15) is 18.5 Å². The first-order valence-electron chi connectivity index (χ1n) is 6.61. The Morgan fingerprint density at radius 1 is 1.35 bits per heavy atom. The highest BCUT2D eigenvalue weighted by Gasteiger charge is 2.29. The molecule has 5 nitrogen and oxygen atoms in total. The minimum Gasteiger partial charge on any atom is -0.326 e. The molecule has 1 heterocycles. The Hall–Kier alpha value is -2.43. The number of carbonyl (C=O) groups is 1. The van der Waals surface area contributed by atoms with E-state index in [0.717, 1.165) is 24.1 Å². The van der Waals surface area contributed by atoms with Crippen LogP contribution in [0.3, 0.4) is 0 Å². The fourth-order valence-corrected chi connectivity index (χ4v) is 2.05. The van der Waals surface area contributed by atoms with E-state index >= 15 is 0 Å². The number of anilines is 1. The third-order valence-corrected chi connectivity index (χ3v) is 3.22. The van der Waals surface area contributed by atoms with Gasteiger partial charge in [0.05, 0.1) is 0 Å². The number of hydrogen-bond acceptors (Lipinski definition) is 3. The molecule has 0 saturated heterocycles. The number of rotatable bonds is 3. The van der Waals surface area contributed by atoms with Gasteiger partial charge in [-0.3, -0.25) is 9.59 Å². The zero-order valence-electron chi connectivity index (χ0n) is 11.1. The summed E-state index contributed by atoms with van der Waals surface area (Å²) in [6, 6.07) is 8.78. The molecular weight excluding hydrogens is 254 g/mol. The van der Waals surface area contributed by atoms with E-state index in [0.29, 0.717) is 11.5 Å². The van der Waals surface area contributed by atoms with Crippen molar-refractivity contribution in [2.24, 2.45) is 5.92 Å². The molecule has 1 aromatic heterocycles. The second-order valence-corrected chi connectivity index (χ2v) is 5.08. The van der Waals surface area contributed by atoms with Crippen molar-refractivity contribution in [2.45, 2.75) is 19.8 Å². The molecule has 2 aromatic rings. The molecule has 1 fully saturated rings. The van der Waals surface area contributed by atoms with E-state index in [1.54, 1.807) is 6.92 Å². The summed E-state index contributed by atoms with van der Waals surface area (Å²) < 4.78 is 0. The monoisotopic (exact) mass is 269 g/mol. The van der Waals surface area contributed by atoms with Crippen molar-refractivity contribution in [3.63, 3.8) is 0 Å². The van der Waals surface area contributed by atoms with Crippen LogP contribution in [0.15, 0.2) is 35.1 Å². The van der Waals surface area contributed by atoms with Crippen LogP contribution in [0, 0.1) is 12.8 Å². The Morgan fingerprint density at radius 3 is 2.85 bits per heavy atom. The SMILES string of the molecule is Cc1cc(=O)[nH]c(-c2cccc(NC(=O)C3CC3)c2)n1. The smallest absolute Gasteiger partial charge is 0.251 e. The van der Waals surface area contributed by atoms with Crippen molar-refractivity contribution in [3.05, 3.63) is 46.4 Å². The fourth-order valence-electron chi connectivity index (χ4n) is 2.05. The molecule has 0 bridgehead atoms. The number of benzene rings is 1. The highest BCUT2D eigenvalue weighted by atomic mass is 16.2. The number of carbonyl (C=O) groups excluding carboxylic acids is 1. The molecule has 0 unspecified atom stereocenters. The normalized spacial score (nSPS) is 14.1. The van der Waals surface area contributed by atoms with Gasteiger partial charge in [-0.2, -0.15) is 0 Å². The molecule has 1 saturated carbocycles. The fraction of sp³-hybridized carbons (Fsp3) is 0.267. The van der Waals surface area contributed by atoms with E-state index in [2.05, 4.69) is 15.3 Å². The number of H-pyrrole nitrogens is 1. The molecule has 0 aliphatic heterocycles. The van der Waals surface area contributed by atoms with Gasteiger partial charge < -0.3 is 10.3 Å². The first-order chi connectivity index (χ1) is 9.61. The standard InChI is InChI=1S/C15H15N3O2/c1-9-7-13(19)18-14(16-9)11-3-2-4-12(8-11)17-15(20)10-5-6-10/h2-4,7-8,10H,5-6H2,1H3,(H,17,20)(H,16,18,19). The first kappa shape index (κ1) is 12.6. The van der Waals surface area contributed by atoms with Crippen molar-refractivity contribution >= 4 is 11.6 Å². The van der Waals surface area contributed by atoms with Crippen LogP contribution in [0.4, 0.5) is 5.69 Å². The summed E-state index contributed by atoms with van der Waals surface area (Å²) in [5.41, 5.74) is 1.99. The van der Waals surface area contributed by atoms with Crippen LogP contribution in [0.2, 0.25) is 0 Å². The Kier molecular flexibility index (Phi) is 3.10. The molecule has 3 rings (SSSR count). The molecule has 0 radical (unpaired) electrons. The summed E-state index contributed by atoms with van der Waals surface area (Å²) in [6.07, 6.45) is 1.94. The van der Waals surface area contributed by atoms with Gasteiger partial charge >= 0.3 is 0 Å². The topological polar surface area (TPSA) is 74.8 Å². The van der Waals surface area contributed by atoms with Gasteiger partial charge in [0.15, 0.2) is 0 Å². The van der Waals surface area contributed by atoms with Gasteiger partial charge in [-0.25, -0.2) is 4.98 Å². The number of amides is 1.